The molecule has 0 atom stereocenters. The second kappa shape index (κ2) is 2.25. The van der Waals surface area contributed by atoms with E-state index >= 15 is 0 Å². The molecular weight excluding hydrogens is 118 g/mol. The lowest BCUT2D eigenvalue weighted by molar-refractivity contribution is 0.480. The van der Waals surface area contributed by atoms with Crippen LogP contribution >= 0.6 is 0 Å². The second-order valence-electron chi connectivity index (χ2n) is 0.976. The van der Waals surface area contributed by atoms with Gasteiger partial charge in [-0.15, -0.1) is 0 Å². The van der Waals surface area contributed by atoms with Gasteiger partial charge in [0.15, 0.2) is 0 Å². The molecule has 0 aromatic rings. The minimum Gasteiger partial charge on any atom is -0.300 e. The molecule has 0 spiro atoms. The summed E-state index contributed by atoms with van der Waals surface area (Å²) in [4.78, 5) is 0. The van der Waals surface area contributed by atoms with Gasteiger partial charge in [-0.25, -0.2) is 0 Å². The van der Waals surface area contributed by atoms with Crippen LogP contribution in [-0.4, -0.2) is 18.8 Å². The molecule has 43 valence electrons. The lowest BCUT2D eigenvalue weighted by Gasteiger charge is -1.88. The maximum atomic E-state index is 9.68. The molecular formula is C2H6NO3S. The summed E-state index contributed by atoms with van der Waals surface area (Å²) in [6.45, 7) is 0. The van der Waals surface area contributed by atoms with Crippen molar-refractivity contribution in [1.82, 2.24) is 5.32 Å². The summed E-state index contributed by atoms with van der Waals surface area (Å²) in [5.41, 5.74) is 0. The van der Waals surface area contributed by atoms with Gasteiger partial charge >= 0.3 is 0 Å². The summed E-state index contributed by atoms with van der Waals surface area (Å²) in [6, 6.07) is 0. The minimum atomic E-state index is -3.85. The third-order valence-electron chi connectivity index (χ3n) is 0.284. The van der Waals surface area contributed by atoms with Gasteiger partial charge in [-0.3, -0.25) is 4.55 Å². The van der Waals surface area contributed by atoms with E-state index in [2.05, 4.69) is 7.05 Å². The molecule has 0 saturated heterocycles. The first-order chi connectivity index (χ1) is 3.06. The van der Waals surface area contributed by atoms with Gasteiger partial charge in [0, 0.05) is 7.05 Å². The standard InChI is InChI=1S/C2H6NO3S/c1-3-2-7(4,5)6/h3H,1-2H2,(H,4,5,6). The van der Waals surface area contributed by atoms with Crippen LogP contribution in [0.4, 0.5) is 0 Å². The molecule has 0 unspecified atom stereocenters. The lowest BCUT2D eigenvalue weighted by atomic mass is 11.3. The summed E-state index contributed by atoms with van der Waals surface area (Å²) in [6.07, 6.45) is 0. The highest BCUT2D eigenvalue weighted by atomic mass is 32.2. The summed E-state index contributed by atoms with van der Waals surface area (Å²) in [5.74, 6) is -0.493. The smallest absolute Gasteiger partial charge is 0.278 e. The minimum absolute atomic E-state index is 0.493. The Morgan fingerprint density at radius 3 is 2.14 bits per heavy atom. The van der Waals surface area contributed by atoms with Crippen LogP contribution in [0.15, 0.2) is 0 Å². The predicted octanol–water partition coefficient (Wildman–Crippen LogP) is -0.787. The summed E-state index contributed by atoms with van der Waals surface area (Å²) < 4.78 is 27.3. The summed E-state index contributed by atoms with van der Waals surface area (Å²) in [5, 5.41) is 2.02. The number of nitrogens with one attached hydrogen (secondary N) is 1. The molecule has 0 aromatic carbocycles. The molecule has 0 aliphatic carbocycles. The molecule has 0 aromatic heterocycles. The largest absolute Gasteiger partial charge is 0.300 e. The van der Waals surface area contributed by atoms with Crippen molar-refractivity contribution in [1.29, 1.82) is 0 Å². The van der Waals surface area contributed by atoms with Crippen molar-refractivity contribution < 1.29 is 13.0 Å². The third-order valence-corrected chi connectivity index (χ3v) is 0.853. The van der Waals surface area contributed by atoms with Crippen LogP contribution in [-0.2, 0) is 10.1 Å². The van der Waals surface area contributed by atoms with Gasteiger partial charge in [0.05, 0.1) is 0 Å². The van der Waals surface area contributed by atoms with E-state index < -0.39 is 16.0 Å². The van der Waals surface area contributed by atoms with E-state index in [4.69, 9.17) is 4.55 Å². The quantitative estimate of drug-likeness (QED) is 0.473. The van der Waals surface area contributed by atoms with Crippen LogP contribution in [0.3, 0.4) is 0 Å². The predicted molar refractivity (Wildman–Crippen MR) is 24.9 cm³/mol. The van der Waals surface area contributed by atoms with Gasteiger partial charge in [-0.1, -0.05) is 0 Å². The van der Waals surface area contributed by atoms with Crippen molar-refractivity contribution in [3.8, 4) is 0 Å². The van der Waals surface area contributed by atoms with Crippen LogP contribution in [0.1, 0.15) is 0 Å². The van der Waals surface area contributed by atoms with Crippen LogP contribution < -0.4 is 5.32 Å². The topological polar surface area (TPSA) is 66.4 Å². The molecule has 4 nitrogen and oxygen atoms in total. The van der Waals surface area contributed by atoms with E-state index in [0.717, 1.165) is 0 Å². The van der Waals surface area contributed by atoms with E-state index in [1.807, 2.05) is 5.32 Å². The Bertz CT molecular complexity index is 126. The van der Waals surface area contributed by atoms with Gasteiger partial charge < -0.3 is 5.32 Å². The Morgan fingerprint density at radius 1 is 1.71 bits per heavy atom. The fourth-order valence-corrected chi connectivity index (χ4v) is 0.387. The summed E-state index contributed by atoms with van der Waals surface area (Å²) >= 11 is 0. The van der Waals surface area contributed by atoms with Crippen molar-refractivity contribution in [3.05, 3.63) is 7.05 Å². The van der Waals surface area contributed by atoms with Crippen LogP contribution in [0.25, 0.3) is 0 Å². The zero-order chi connectivity index (χ0) is 5.91. The third kappa shape index (κ3) is 5.87. The number of hydrogen-bond donors (Lipinski definition) is 2. The van der Waals surface area contributed by atoms with E-state index in [9.17, 15) is 8.42 Å². The molecule has 0 aliphatic heterocycles. The highest BCUT2D eigenvalue weighted by Gasteiger charge is 1.97. The van der Waals surface area contributed by atoms with Crippen LogP contribution in [0, 0.1) is 7.05 Å². The molecule has 5 heteroatoms. The van der Waals surface area contributed by atoms with Crippen molar-refractivity contribution in [2.24, 2.45) is 0 Å². The maximum absolute atomic E-state index is 9.68. The normalized spacial score (nSPS) is 11.7. The van der Waals surface area contributed by atoms with Gasteiger partial charge in [0.1, 0.15) is 5.88 Å². The molecule has 0 fully saturated rings. The van der Waals surface area contributed by atoms with Crippen molar-refractivity contribution in [2.75, 3.05) is 5.88 Å². The van der Waals surface area contributed by atoms with Gasteiger partial charge in [0.25, 0.3) is 10.1 Å². The maximum Gasteiger partial charge on any atom is 0.278 e. The average Bonchev–Trinajstić information content (AvgIpc) is 1.30. The Hall–Kier alpha value is -0.130. The molecule has 0 heterocycles. The van der Waals surface area contributed by atoms with Crippen molar-refractivity contribution in [2.45, 2.75) is 0 Å². The molecule has 0 bridgehead atoms. The lowest BCUT2D eigenvalue weighted by Crippen LogP contribution is -2.15. The molecule has 7 heavy (non-hydrogen) atoms. The molecule has 0 saturated carbocycles. The Kier molecular flexibility index (Phi) is 2.21. The van der Waals surface area contributed by atoms with E-state index in [-0.39, 0.29) is 0 Å². The molecule has 1 radical (unpaired) electrons. The molecule has 0 aliphatic rings. The van der Waals surface area contributed by atoms with Crippen LogP contribution in [0.5, 0.6) is 0 Å². The summed E-state index contributed by atoms with van der Waals surface area (Å²) in [7, 11) is -0.866. The fourth-order valence-electron chi connectivity index (χ4n) is 0.129. The zero-order valence-electron chi connectivity index (χ0n) is 3.59. The first-order valence-corrected chi connectivity index (χ1v) is 3.12. The van der Waals surface area contributed by atoms with Gasteiger partial charge in [-0.2, -0.15) is 8.42 Å². The van der Waals surface area contributed by atoms with Crippen molar-refractivity contribution in [3.63, 3.8) is 0 Å². The first kappa shape index (κ1) is 6.87. The van der Waals surface area contributed by atoms with Gasteiger partial charge in [0.2, 0.25) is 0 Å². The highest BCUT2D eigenvalue weighted by molar-refractivity contribution is 7.85. The number of hydrogen-bond acceptors (Lipinski definition) is 3. The second-order valence-corrected chi connectivity index (χ2v) is 2.43. The molecule has 2 N–H and O–H groups in total. The van der Waals surface area contributed by atoms with Crippen LogP contribution in [0.2, 0.25) is 0 Å². The number of rotatable bonds is 2. The van der Waals surface area contributed by atoms with E-state index in [0.29, 0.717) is 0 Å². The first-order valence-electron chi connectivity index (χ1n) is 1.51. The Balaban J connectivity index is 3.60. The highest BCUT2D eigenvalue weighted by Crippen LogP contribution is 1.72. The Labute approximate surface area is 42.3 Å². The SMILES string of the molecule is [CH2]NCS(=O)(=O)O. The fraction of sp³-hybridized carbons (Fsp3) is 0.500. The van der Waals surface area contributed by atoms with Gasteiger partial charge in [-0.05, 0) is 0 Å². The monoisotopic (exact) mass is 124 g/mol. The Morgan fingerprint density at radius 2 is 2.14 bits per heavy atom. The molecule has 0 amide bonds. The van der Waals surface area contributed by atoms with Crippen molar-refractivity contribution >= 4 is 10.1 Å². The zero-order valence-corrected chi connectivity index (χ0v) is 4.40. The molecule has 0 rings (SSSR count). The van der Waals surface area contributed by atoms with E-state index in [1.165, 1.54) is 0 Å². The average molecular weight is 124 g/mol. The van der Waals surface area contributed by atoms with E-state index in [1.54, 1.807) is 0 Å².